The third-order valence-electron chi connectivity index (χ3n) is 0.977. The van der Waals surface area contributed by atoms with Crippen LogP contribution in [0.2, 0.25) is 0 Å². The van der Waals surface area contributed by atoms with E-state index in [4.69, 9.17) is 0 Å². The van der Waals surface area contributed by atoms with E-state index in [-0.39, 0.29) is 31.7 Å². The summed E-state index contributed by atoms with van der Waals surface area (Å²) in [5, 5.41) is 0. The summed E-state index contributed by atoms with van der Waals surface area (Å²) in [6.45, 7) is 0. The molecule has 0 aliphatic heterocycles. The number of halogens is 3. The fourth-order valence-electron chi connectivity index (χ4n) is 0.622. The first-order chi connectivity index (χ1) is 5.08. The Hall–Kier alpha value is -0.424. The molecule has 1 rings (SSSR count). The van der Waals surface area contributed by atoms with Gasteiger partial charge in [-0.25, -0.2) is 0 Å². The molecule has 1 nitrogen and oxygen atoms in total. The minimum atomic E-state index is -4.60. The van der Waals surface area contributed by atoms with Gasteiger partial charge < -0.3 is 7.59 Å². The number of para-hydroxylation sites is 1. The van der Waals surface area contributed by atoms with Crippen LogP contribution in [0.4, 0.5) is 13.2 Å². The molecule has 0 N–H and O–H groups in total. The van der Waals surface area contributed by atoms with Crippen LogP contribution in [-0.2, 0) is 0 Å². The summed E-state index contributed by atoms with van der Waals surface area (Å²) in [7, 11) is 0. The summed E-state index contributed by atoms with van der Waals surface area (Å²) in [4.78, 5) is 0. The number of ether oxygens (including phenoxy) is 1. The zero-order valence-electron chi connectivity index (χ0n) is 8.14. The molecular formula is C7H7F3MgO. The van der Waals surface area contributed by atoms with Crippen molar-refractivity contribution in [1.29, 1.82) is 0 Å². The largest absolute Gasteiger partial charge is 2.00 e. The van der Waals surface area contributed by atoms with Crippen molar-refractivity contribution in [2.75, 3.05) is 0 Å². The summed E-state index contributed by atoms with van der Waals surface area (Å²) in [6.07, 6.45) is -4.60. The molecule has 0 atom stereocenters. The van der Waals surface area contributed by atoms with Crippen LogP contribution in [-0.4, -0.2) is 29.4 Å². The van der Waals surface area contributed by atoms with Crippen molar-refractivity contribution in [2.45, 2.75) is 6.36 Å². The Balaban J connectivity index is -0.000000403. The standard InChI is InChI=1S/C7H5F3O.Mg.2H/c8-7(9,10)11-6-4-2-1-3-5-6;;;/h1-5H;;;/q;+2;2*-1. The van der Waals surface area contributed by atoms with Crippen molar-refractivity contribution in [3.8, 4) is 5.75 Å². The predicted molar refractivity (Wildman–Crippen MR) is 41.1 cm³/mol. The number of rotatable bonds is 1. The monoisotopic (exact) mass is 188 g/mol. The fourth-order valence-corrected chi connectivity index (χ4v) is 0.622. The maximum atomic E-state index is 11.5. The van der Waals surface area contributed by atoms with Crippen LogP contribution in [0.3, 0.4) is 0 Å². The molecule has 0 saturated carbocycles. The maximum Gasteiger partial charge on any atom is 2.00 e. The molecule has 12 heavy (non-hydrogen) atoms. The maximum absolute atomic E-state index is 11.5. The van der Waals surface area contributed by atoms with Gasteiger partial charge in [-0.1, -0.05) is 18.2 Å². The number of alkyl halides is 3. The molecule has 0 saturated heterocycles. The van der Waals surface area contributed by atoms with E-state index in [0.717, 1.165) is 0 Å². The molecule has 0 fully saturated rings. The average molecular weight is 188 g/mol. The van der Waals surface area contributed by atoms with Crippen molar-refractivity contribution >= 4 is 23.1 Å². The first-order valence-corrected chi connectivity index (χ1v) is 2.89. The summed E-state index contributed by atoms with van der Waals surface area (Å²) in [6, 6.07) is 7.05. The molecular weight excluding hydrogens is 181 g/mol. The van der Waals surface area contributed by atoms with E-state index in [1.54, 1.807) is 6.07 Å². The van der Waals surface area contributed by atoms with Gasteiger partial charge in [0.05, 0.1) is 0 Å². The summed E-state index contributed by atoms with van der Waals surface area (Å²) in [5.41, 5.74) is 0. The Bertz CT molecular complexity index is 230. The third-order valence-corrected chi connectivity index (χ3v) is 0.977. The van der Waals surface area contributed by atoms with Gasteiger partial charge >= 0.3 is 29.4 Å². The van der Waals surface area contributed by atoms with Gasteiger partial charge in [0.1, 0.15) is 5.75 Å². The first kappa shape index (κ1) is 11.6. The minimum Gasteiger partial charge on any atom is -1.00 e. The molecule has 0 amide bonds. The molecule has 1 aromatic carbocycles. The minimum absolute atomic E-state index is 0. The second-order valence-corrected chi connectivity index (χ2v) is 1.86. The molecule has 0 aliphatic rings. The van der Waals surface area contributed by atoms with Crippen LogP contribution >= 0.6 is 0 Å². The third kappa shape index (κ3) is 4.45. The SMILES string of the molecule is FC(F)(F)Oc1ccccc1.[H-].[H-].[Mg+2]. The van der Waals surface area contributed by atoms with Crippen LogP contribution in [0.15, 0.2) is 30.3 Å². The number of benzene rings is 1. The topological polar surface area (TPSA) is 9.23 Å². The second kappa shape index (κ2) is 4.56. The van der Waals surface area contributed by atoms with Crippen molar-refractivity contribution in [2.24, 2.45) is 0 Å². The van der Waals surface area contributed by atoms with Crippen LogP contribution in [0.1, 0.15) is 2.85 Å². The van der Waals surface area contributed by atoms with Gasteiger partial charge in [-0.2, -0.15) is 0 Å². The molecule has 0 spiro atoms. The average Bonchev–Trinajstić information content (AvgIpc) is 1.85. The van der Waals surface area contributed by atoms with E-state index in [9.17, 15) is 13.2 Å². The Labute approximate surface area is 86.6 Å². The van der Waals surface area contributed by atoms with Gasteiger partial charge in [0.25, 0.3) is 0 Å². The summed E-state index contributed by atoms with van der Waals surface area (Å²) >= 11 is 0. The van der Waals surface area contributed by atoms with Crippen LogP contribution in [0.5, 0.6) is 5.75 Å². The molecule has 0 bridgehead atoms. The smallest absolute Gasteiger partial charge is 1.00 e. The van der Waals surface area contributed by atoms with E-state index >= 15 is 0 Å². The fraction of sp³-hybridized carbons (Fsp3) is 0.143. The predicted octanol–water partition coefficient (Wildman–Crippen LogP) is 2.43. The van der Waals surface area contributed by atoms with Gasteiger partial charge in [0, 0.05) is 0 Å². The number of hydrogen-bond acceptors (Lipinski definition) is 1. The van der Waals surface area contributed by atoms with Crippen LogP contribution in [0, 0.1) is 0 Å². The van der Waals surface area contributed by atoms with Gasteiger partial charge in [-0.15, -0.1) is 13.2 Å². The van der Waals surface area contributed by atoms with Gasteiger partial charge in [0.2, 0.25) is 0 Å². The zero-order chi connectivity index (χ0) is 8.32. The van der Waals surface area contributed by atoms with Crippen molar-refractivity contribution < 1.29 is 20.8 Å². The Morgan fingerprint density at radius 1 is 1.08 bits per heavy atom. The Morgan fingerprint density at radius 2 is 1.58 bits per heavy atom. The molecule has 5 heteroatoms. The van der Waals surface area contributed by atoms with Gasteiger partial charge in [0.15, 0.2) is 0 Å². The van der Waals surface area contributed by atoms with Gasteiger partial charge in [-0.3, -0.25) is 0 Å². The molecule has 0 unspecified atom stereocenters. The first-order valence-electron chi connectivity index (χ1n) is 2.89. The number of hydrogen-bond donors (Lipinski definition) is 0. The molecule has 0 aromatic heterocycles. The summed E-state index contributed by atoms with van der Waals surface area (Å²) < 4.78 is 38.2. The van der Waals surface area contributed by atoms with Crippen molar-refractivity contribution in [3.63, 3.8) is 0 Å². The van der Waals surface area contributed by atoms with E-state index < -0.39 is 6.36 Å². The van der Waals surface area contributed by atoms with Gasteiger partial charge in [-0.05, 0) is 12.1 Å². The quantitative estimate of drug-likeness (QED) is 0.615. The van der Waals surface area contributed by atoms with E-state index in [1.165, 1.54) is 24.3 Å². The van der Waals surface area contributed by atoms with E-state index in [0.29, 0.717) is 0 Å². The normalized spacial score (nSPS) is 10.2. The molecule has 0 radical (unpaired) electrons. The van der Waals surface area contributed by atoms with Crippen LogP contribution in [0.25, 0.3) is 0 Å². The molecule has 0 heterocycles. The van der Waals surface area contributed by atoms with E-state index in [2.05, 4.69) is 4.74 Å². The second-order valence-electron chi connectivity index (χ2n) is 1.86. The Kier molecular flexibility index (Phi) is 4.40. The summed E-state index contributed by atoms with van der Waals surface area (Å²) in [5.74, 6) is -0.194. The molecule has 1 aromatic rings. The van der Waals surface area contributed by atoms with E-state index in [1.807, 2.05) is 0 Å². The zero-order valence-corrected chi connectivity index (χ0v) is 7.55. The Morgan fingerprint density at radius 3 is 2.00 bits per heavy atom. The van der Waals surface area contributed by atoms with Crippen molar-refractivity contribution in [1.82, 2.24) is 0 Å². The van der Waals surface area contributed by atoms with Crippen LogP contribution < -0.4 is 4.74 Å². The molecule has 0 aliphatic carbocycles. The molecule has 64 valence electrons. The van der Waals surface area contributed by atoms with Crippen molar-refractivity contribution in [3.05, 3.63) is 30.3 Å².